The zero-order valence-electron chi connectivity index (χ0n) is 8.00. The molecule has 1 aromatic carbocycles. The minimum atomic E-state index is -0.477. The van der Waals surface area contributed by atoms with Crippen molar-refractivity contribution in [1.82, 2.24) is 9.97 Å². The largest absolute Gasteiger partial charge is 0.490 e. The number of hydrogen-bond acceptors (Lipinski definition) is 3. The van der Waals surface area contributed by atoms with Crippen molar-refractivity contribution in [2.75, 3.05) is 6.61 Å². The van der Waals surface area contributed by atoms with Crippen molar-refractivity contribution in [1.29, 1.82) is 0 Å². The number of nitrogens with zero attached hydrogens (tertiary/aromatic N) is 2. The fourth-order valence-corrected chi connectivity index (χ4v) is 1.80. The zero-order valence-corrected chi connectivity index (χ0v) is 9.58. The fourth-order valence-electron chi connectivity index (χ4n) is 1.30. The lowest BCUT2D eigenvalue weighted by Gasteiger charge is -2.08. The van der Waals surface area contributed by atoms with Crippen LogP contribution in [0.1, 0.15) is 6.92 Å². The molecule has 0 amide bonds. The molecule has 0 spiro atoms. The van der Waals surface area contributed by atoms with Crippen molar-refractivity contribution in [3.63, 3.8) is 0 Å². The summed E-state index contributed by atoms with van der Waals surface area (Å²) in [5, 5.41) is 0. The van der Waals surface area contributed by atoms with Crippen LogP contribution in [0.2, 0.25) is 0 Å². The van der Waals surface area contributed by atoms with Gasteiger partial charge in [0.25, 0.3) is 0 Å². The van der Waals surface area contributed by atoms with Crippen LogP contribution in [0.4, 0.5) is 4.39 Å². The molecule has 0 aliphatic heterocycles. The van der Waals surface area contributed by atoms with Crippen LogP contribution in [0, 0.1) is 5.82 Å². The summed E-state index contributed by atoms with van der Waals surface area (Å²) in [5.74, 6) is -0.292. The van der Waals surface area contributed by atoms with E-state index < -0.39 is 5.82 Å². The Kier molecular flexibility index (Phi) is 2.81. The summed E-state index contributed by atoms with van der Waals surface area (Å²) >= 11 is 3.24. The molecule has 3 nitrogen and oxygen atoms in total. The number of hydrogen-bond donors (Lipinski definition) is 0. The minimum absolute atomic E-state index is 0.186. The van der Waals surface area contributed by atoms with Crippen LogP contribution < -0.4 is 4.74 Å². The van der Waals surface area contributed by atoms with Crippen molar-refractivity contribution in [2.45, 2.75) is 6.92 Å². The molecule has 15 heavy (non-hydrogen) atoms. The number of ether oxygens (including phenoxy) is 1. The van der Waals surface area contributed by atoms with Gasteiger partial charge in [-0.2, -0.15) is 0 Å². The Morgan fingerprint density at radius 2 is 2.13 bits per heavy atom. The van der Waals surface area contributed by atoms with E-state index in [1.807, 2.05) is 0 Å². The van der Waals surface area contributed by atoms with Gasteiger partial charge >= 0.3 is 0 Å². The second-order valence-corrected chi connectivity index (χ2v) is 3.71. The number of rotatable bonds is 2. The summed E-state index contributed by atoms with van der Waals surface area (Å²) in [4.78, 5) is 7.94. The van der Waals surface area contributed by atoms with Crippen molar-refractivity contribution < 1.29 is 9.13 Å². The molecule has 0 radical (unpaired) electrons. The van der Waals surface area contributed by atoms with Crippen LogP contribution in [0.3, 0.4) is 0 Å². The van der Waals surface area contributed by atoms with Crippen LogP contribution >= 0.6 is 15.9 Å². The summed E-state index contributed by atoms with van der Waals surface area (Å²) in [6, 6.07) is 1.69. The molecule has 0 aliphatic carbocycles. The predicted octanol–water partition coefficient (Wildman–Crippen LogP) is 2.93. The van der Waals surface area contributed by atoms with Gasteiger partial charge in [0, 0.05) is 12.4 Å². The number of aromatic nitrogens is 2. The number of halogens is 2. The summed E-state index contributed by atoms with van der Waals surface area (Å²) in [6.07, 6.45) is 2.98. The lowest BCUT2D eigenvalue weighted by Crippen LogP contribution is -1.98. The van der Waals surface area contributed by atoms with Gasteiger partial charge in [-0.15, -0.1) is 0 Å². The second-order valence-electron chi connectivity index (χ2n) is 2.86. The molecule has 2 aromatic rings. The summed E-state index contributed by atoms with van der Waals surface area (Å²) in [7, 11) is 0. The molecule has 1 aromatic heterocycles. The molecule has 0 N–H and O–H groups in total. The highest BCUT2D eigenvalue weighted by molar-refractivity contribution is 9.10. The van der Waals surface area contributed by atoms with Gasteiger partial charge in [0.15, 0.2) is 11.6 Å². The van der Waals surface area contributed by atoms with Crippen molar-refractivity contribution in [2.24, 2.45) is 0 Å². The first-order valence-electron chi connectivity index (χ1n) is 4.45. The molecule has 0 saturated carbocycles. The first-order chi connectivity index (χ1) is 7.24. The smallest absolute Gasteiger partial charge is 0.194 e. The van der Waals surface area contributed by atoms with E-state index in [9.17, 15) is 4.39 Å². The highest BCUT2D eigenvalue weighted by Crippen LogP contribution is 2.32. The standard InChI is InChI=1S/C10H8BrFN2O/c1-2-15-10-6(11)5-7-9(8(10)12)14-4-3-13-7/h3-5H,2H2,1H3. The van der Waals surface area contributed by atoms with Gasteiger partial charge in [-0.05, 0) is 28.9 Å². The molecule has 1 heterocycles. The lowest BCUT2D eigenvalue weighted by molar-refractivity contribution is 0.320. The van der Waals surface area contributed by atoms with E-state index in [1.54, 1.807) is 13.0 Å². The van der Waals surface area contributed by atoms with Gasteiger partial charge in [-0.25, -0.2) is 9.37 Å². The quantitative estimate of drug-likeness (QED) is 0.842. The average Bonchev–Trinajstić information content (AvgIpc) is 2.24. The van der Waals surface area contributed by atoms with Crippen molar-refractivity contribution in [3.05, 3.63) is 28.7 Å². The van der Waals surface area contributed by atoms with Crippen LogP contribution in [-0.4, -0.2) is 16.6 Å². The van der Waals surface area contributed by atoms with Gasteiger partial charge in [-0.3, -0.25) is 4.98 Å². The molecule has 0 aliphatic rings. The fraction of sp³-hybridized carbons (Fsp3) is 0.200. The highest BCUT2D eigenvalue weighted by Gasteiger charge is 2.14. The molecular formula is C10H8BrFN2O. The summed E-state index contributed by atoms with van der Waals surface area (Å²) in [5.41, 5.74) is 0.731. The van der Waals surface area contributed by atoms with Crippen LogP contribution in [0.25, 0.3) is 11.0 Å². The van der Waals surface area contributed by atoms with E-state index in [4.69, 9.17) is 4.74 Å². The van der Waals surface area contributed by atoms with E-state index in [1.165, 1.54) is 12.4 Å². The summed E-state index contributed by atoms with van der Waals surface area (Å²) in [6.45, 7) is 2.20. The van der Waals surface area contributed by atoms with Gasteiger partial charge in [0.05, 0.1) is 16.6 Å². The van der Waals surface area contributed by atoms with E-state index in [0.29, 0.717) is 16.6 Å². The van der Waals surface area contributed by atoms with E-state index >= 15 is 0 Å². The SMILES string of the molecule is CCOc1c(Br)cc2nccnc2c1F. The Morgan fingerprint density at radius 1 is 1.40 bits per heavy atom. The maximum absolute atomic E-state index is 13.9. The van der Waals surface area contributed by atoms with Crippen LogP contribution in [0.15, 0.2) is 22.9 Å². The lowest BCUT2D eigenvalue weighted by atomic mass is 10.2. The van der Waals surface area contributed by atoms with Gasteiger partial charge in [-0.1, -0.05) is 0 Å². The monoisotopic (exact) mass is 270 g/mol. The number of benzene rings is 1. The first-order valence-corrected chi connectivity index (χ1v) is 5.25. The molecule has 0 unspecified atom stereocenters. The highest BCUT2D eigenvalue weighted by atomic mass is 79.9. The third-order valence-corrected chi connectivity index (χ3v) is 2.49. The molecule has 78 valence electrons. The van der Waals surface area contributed by atoms with E-state index in [2.05, 4.69) is 25.9 Å². The van der Waals surface area contributed by atoms with Gasteiger partial charge in [0.1, 0.15) is 5.52 Å². The average molecular weight is 271 g/mol. The Balaban J connectivity index is 2.72. The minimum Gasteiger partial charge on any atom is -0.490 e. The summed E-state index contributed by atoms with van der Waals surface area (Å²) < 4.78 is 19.6. The third kappa shape index (κ3) is 1.79. The van der Waals surface area contributed by atoms with Crippen molar-refractivity contribution >= 4 is 27.0 Å². The Hall–Kier alpha value is -1.23. The Morgan fingerprint density at radius 3 is 2.87 bits per heavy atom. The molecule has 0 bridgehead atoms. The van der Waals surface area contributed by atoms with E-state index in [0.717, 1.165) is 0 Å². The second kappa shape index (κ2) is 4.10. The molecule has 2 rings (SSSR count). The van der Waals surface area contributed by atoms with Gasteiger partial charge in [0.2, 0.25) is 0 Å². The van der Waals surface area contributed by atoms with Crippen LogP contribution in [0.5, 0.6) is 5.75 Å². The molecule has 0 saturated heterocycles. The normalized spacial score (nSPS) is 10.6. The third-order valence-electron chi connectivity index (χ3n) is 1.90. The number of fused-ring (bicyclic) bond motifs is 1. The van der Waals surface area contributed by atoms with Crippen LogP contribution in [-0.2, 0) is 0 Å². The Labute approximate surface area is 94.4 Å². The maximum atomic E-state index is 13.9. The zero-order chi connectivity index (χ0) is 10.8. The molecule has 0 atom stereocenters. The predicted molar refractivity (Wildman–Crippen MR) is 58.4 cm³/mol. The first kappa shape index (κ1) is 10.3. The molecule has 0 fully saturated rings. The topological polar surface area (TPSA) is 35.0 Å². The maximum Gasteiger partial charge on any atom is 0.194 e. The molecule has 5 heteroatoms. The van der Waals surface area contributed by atoms with Crippen molar-refractivity contribution in [3.8, 4) is 5.75 Å². The molecular weight excluding hydrogens is 263 g/mol. The Bertz CT molecular complexity index is 504. The van der Waals surface area contributed by atoms with E-state index in [-0.39, 0.29) is 11.3 Å². The van der Waals surface area contributed by atoms with Gasteiger partial charge < -0.3 is 4.74 Å².